The largest absolute Gasteiger partial charge is 0.309 e. The molecule has 1 N–H and O–H groups in total. The van der Waals surface area contributed by atoms with E-state index in [-0.39, 0.29) is 11.1 Å². The van der Waals surface area contributed by atoms with Crippen molar-refractivity contribution in [3.63, 3.8) is 0 Å². The van der Waals surface area contributed by atoms with Crippen LogP contribution in [-0.4, -0.2) is 6.54 Å². The Morgan fingerprint density at radius 2 is 2.12 bits per heavy atom. The van der Waals surface area contributed by atoms with E-state index in [4.69, 9.17) is 29.6 Å². The molecule has 1 unspecified atom stereocenters. The van der Waals surface area contributed by atoms with Crippen LogP contribution in [0, 0.1) is 18.2 Å². The molecule has 0 bridgehead atoms. The number of halogens is 3. The molecule has 0 radical (unpaired) electrons. The summed E-state index contributed by atoms with van der Waals surface area (Å²) in [5.41, 5.74) is 0.681. The molecule has 1 atom stereocenters. The Kier molecular flexibility index (Phi) is 5.08. The number of hydrogen-bond donors (Lipinski definition) is 1. The van der Waals surface area contributed by atoms with Crippen LogP contribution in [0.5, 0.6) is 0 Å². The van der Waals surface area contributed by atoms with Crippen LogP contribution < -0.4 is 5.32 Å². The quantitative estimate of drug-likeness (QED) is 0.493. The summed E-state index contributed by atoms with van der Waals surface area (Å²) in [6, 6.07) is 2.69. The molecule has 0 saturated heterocycles. The van der Waals surface area contributed by atoms with Crippen LogP contribution in [0.25, 0.3) is 0 Å². The third-order valence-electron chi connectivity index (χ3n) is 2.23. The van der Waals surface area contributed by atoms with Gasteiger partial charge in [0.15, 0.2) is 0 Å². The van der Waals surface area contributed by atoms with Crippen LogP contribution in [0.2, 0.25) is 10.0 Å². The lowest BCUT2D eigenvalue weighted by molar-refractivity contribution is 0.573. The molecule has 0 heterocycles. The Morgan fingerprint density at radius 1 is 1.44 bits per heavy atom. The van der Waals surface area contributed by atoms with E-state index in [0.717, 1.165) is 0 Å². The second kappa shape index (κ2) is 6.10. The first-order chi connectivity index (χ1) is 7.56. The maximum atomic E-state index is 13.3. The third kappa shape index (κ3) is 3.38. The van der Waals surface area contributed by atoms with Crippen molar-refractivity contribution in [2.45, 2.75) is 19.4 Å². The van der Waals surface area contributed by atoms with Gasteiger partial charge in [-0.1, -0.05) is 23.2 Å². The topological polar surface area (TPSA) is 12.0 Å². The monoisotopic (exact) mass is 259 g/mol. The Hall–Kier alpha value is -0.750. The highest BCUT2D eigenvalue weighted by molar-refractivity contribution is 6.35. The average molecular weight is 260 g/mol. The molecular weight excluding hydrogens is 248 g/mol. The fraction of sp³-hybridized carbons (Fsp3) is 0.333. The molecule has 86 valence electrons. The van der Waals surface area contributed by atoms with E-state index < -0.39 is 5.82 Å². The van der Waals surface area contributed by atoms with Crippen molar-refractivity contribution >= 4 is 23.2 Å². The molecule has 0 aliphatic heterocycles. The summed E-state index contributed by atoms with van der Waals surface area (Å²) < 4.78 is 13.3. The minimum absolute atomic E-state index is 0.0320. The Bertz CT molecular complexity index is 412. The zero-order valence-electron chi connectivity index (χ0n) is 8.86. The van der Waals surface area contributed by atoms with Gasteiger partial charge in [-0.25, -0.2) is 4.39 Å². The van der Waals surface area contributed by atoms with Crippen molar-refractivity contribution < 1.29 is 4.39 Å². The number of rotatable bonds is 4. The van der Waals surface area contributed by atoms with Gasteiger partial charge in [-0.2, -0.15) is 0 Å². The fourth-order valence-corrected chi connectivity index (χ4v) is 1.89. The van der Waals surface area contributed by atoms with Crippen molar-refractivity contribution in [3.8, 4) is 12.3 Å². The molecule has 1 nitrogen and oxygen atoms in total. The lowest BCUT2D eigenvalue weighted by atomic mass is 10.1. The predicted octanol–water partition coefficient (Wildman–Crippen LogP) is 3.81. The van der Waals surface area contributed by atoms with E-state index in [0.29, 0.717) is 23.6 Å². The maximum absolute atomic E-state index is 13.3. The molecule has 0 saturated carbocycles. The van der Waals surface area contributed by atoms with E-state index >= 15 is 0 Å². The molecule has 0 aliphatic rings. The highest BCUT2D eigenvalue weighted by Gasteiger charge is 2.12. The van der Waals surface area contributed by atoms with Gasteiger partial charge in [-0.3, -0.25) is 0 Å². The molecule has 4 heteroatoms. The number of terminal acetylenes is 1. The van der Waals surface area contributed by atoms with Gasteiger partial charge < -0.3 is 5.32 Å². The first kappa shape index (κ1) is 13.3. The SMILES string of the molecule is C#CCCNC(C)c1cc(F)c(Cl)cc1Cl. The maximum Gasteiger partial charge on any atom is 0.142 e. The predicted molar refractivity (Wildman–Crippen MR) is 66.3 cm³/mol. The molecule has 0 fully saturated rings. The highest BCUT2D eigenvalue weighted by atomic mass is 35.5. The van der Waals surface area contributed by atoms with Crippen LogP contribution in [0.1, 0.15) is 24.9 Å². The second-order valence-corrected chi connectivity index (χ2v) is 4.23. The molecule has 0 amide bonds. The summed E-state index contributed by atoms with van der Waals surface area (Å²) in [6.45, 7) is 2.56. The molecule has 1 rings (SSSR count). The normalized spacial score (nSPS) is 12.2. The van der Waals surface area contributed by atoms with Crippen LogP contribution >= 0.6 is 23.2 Å². The van der Waals surface area contributed by atoms with E-state index in [1.54, 1.807) is 0 Å². The van der Waals surface area contributed by atoms with Crippen molar-refractivity contribution in [1.29, 1.82) is 0 Å². The zero-order chi connectivity index (χ0) is 12.1. The Balaban J connectivity index is 2.79. The van der Waals surface area contributed by atoms with Crippen LogP contribution in [0.4, 0.5) is 4.39 Å². The Morgan fingerprint density at radius 3 is 2.75 bits per heavy atom. The molecule has 0 aromatic heterocycles. The fourth-order valence-electron chi connectivity index (χ4n) is 1.34. The minimum Gasteiger partial charge on any atom is -0.309 e. The van der Waals surface area contributed by atoms with E-state index in [1.807, 2.05) is 6.92 Å². The van der Waals surface area contributed by atoms with E-state index in [1.165, 1.54) is 12.1 Å². The smallest absolute Gasteiger partial charge is 0.142 e. The van der Waals surface area contributed by atoms with Crippen LogP contribution in [0.15, 0.2) is 12.1 Å². The molecule has 0 spiro atoms. The number of hydrogen-bond acceptors (Lipinski definition) is 1. The standard InChI is InChI=1S/C12H12Cl2FN/c1-3-4-5-16-8(2)9-6-12(15)11(14)7-10(9)13/h1,6-8,16H,4-5H2,2H3. The molecular formula is C12H12Cl2FN. The van der Waals surface area contributed by atoms with Gasteiger partial charge in [0.25, 0.3) is 0 Å². The zero-order valence-corrected chi connectivity index (χ0v) is 10.4. The summed E-state index contributed by atoms with van der Waals surface area (Å²) in [5.74, 6) is 2.05. The summed E-state index contributed by atoms with van der Waals surface area (Å²) in [4.78, 5) is 0. The van der Waals surface area contributed by atoms with Gasteiger partial charge in [-0.05, 0) is 24.6 Å². The van der Waals surface area contributed by atoms with E-state index in [9.17, 15) is 4.39 Å². The average Bonchev–Trinajstić information content (AvgIpc) is 2.23. The summed E-state index contributed by atoms with van der Waals surface area (Å²) in [7, 11) is 0. The van der Waals surface area contributed by atoms with Gasteiger partial charge in [0.05, 0.1) is 5.02 Å². The van der Waals surface area contributed by atoms with Crippen LogP contribution in [0.3, 0.4) is 0 Å². The van der Waals surface area contributed by atoms with Crippen molar-refractivity contribution in [1.82, 2.24) is 5.32 Å². The number of nitrogens with one attached hydrogen (secondary N) is 1. The second-order valence-electron chi connectivity index (χ2n) is 3.42. The summed E-state index contributed by atoms with van der Waals surface area (Å²) >= 11 is 11.6. The summed E-state index contributed by atoms with van der Waals surface area (Å²) in [5, 5.41) is 3.63. The van der Waals surface area contributed by atoms with Crippen molar-refractivity contribution in [2.24, 2.45) is 0 Å². The first-order valence-corrected chi connectivity index (χ1v) is 5.63. The van der Waals surface area contributed by atoms with Crippen LogP contribution in [-0.2, 0) is 0 Å². The van der Waals surface area contributed by atoms with Gasteiger partial charge in [-0.15, -0.1) is 12.3 Å². The molecule has 0 aliphatic carbocycles. The Labute approximate surface area is 105 Å². The lowest BCUT2D eigenvalue weighted by Gasteiger charge is -2.15. The summed E-state index contributed by atoms with van der Waals surface area (Å²) in [6.07, 6.45) is 5.76. The van der Waals surface area contributed by atoms with Crippen molar-refractivity contribution in [3.05, 3.63) is 33.6 Å². The van der Waals surface area contributed by atoms with Gasteiger partial charge in [0.1, 0.15) is 5.82 Å². The molecule has 16 heavy (non-hydrogen) atoms. The van der Waals surface area contributed by atoms with Gasteiger partial charge in [0.2, 0.25) is 0 Å². The van der Waals surface area contributed by atoms with Gasteiger partial charge in [0, 0.05) is 24.0 Å². The number of benzene rings is 1. The third-order valence-corrected chi connectivity index (χ3v) is 2.84. The first-order valence-electron chi connectivity index (χ1n) is 4.87. The highest BCUT2D eigenvalue weighted by Crippen LogP contribution is 2.28. The molecule has 1 aromatic rings. The van der Waals surface area contributed by atoms with E-state index in [2.05, 4.69) is 11.2 Å². The lowest BCUT2D eigenvalue weighted by Crippen LogP contribution is -2.20. The molecule has 1 aromatic carbocycles. The van der Waals surface area contributed by atoms with Crippen molar-refractivity contribution in [2.75, 3.05) is 6.54 Å². The minimum atomic E-state index is -0.466. The van der Waals surface area contributed by atoms with Gasteiger partial charge >= 0.3 is 0 Å².